The predicted octanol–water partition coefficient (Wildman–Crippen LogP) is 4.27. The molecule has 0 spiro atoms. The van der Waals surface area contributed by atoms with Crippen LogP contribution < -0.4 is 16.4 Å². The molecule has 5 aromatic carbocycles. The van der Waals surface area contributed by atoms with Gasteiger partial charge in [-0.15, -0.1) is 0 Å². The number of allylic oxidation sites excluding steroid dienone is 1. The van der Waals surface area contributed by atoms with E-state index in [1.165, 1.54) is 27.1 Å². The van der Waals surface area contributed by atoms with Crippen molar-refractivity contribution in [2.75, 3.05) is 42.7 Å². The molecule has 0 saturated carbocycles. The minimum atomic E-state index is -0.398. The van der Waals surface area contributed by atoms with Crippen molar-refractivity contribution in [3.8, 4) is 0 Å². The molecule has 0 N–H and O–H groups in total. The zero-order valence-corrected chi connectivity index (χ0v) is 24.3. The Hall–Kier alpha value is -3.17. The van der Waals surface area contributed by atoms with Crippen LogP contribution in [-0.4, -0.2) is 64.0 Å². The van der Waals surface area contributed by atoms with Crippen LogP contribution in [-0.2, 0) is 27.9 Å². The van der Waals surface area contributed by atoms with Crippen LogP contribution >= 0.6 is 0 Å². The molecule has 0 aromatic heterocycles. The molecule has 0 bridgehead atoms. The molecular formula is C31H35B3O6. The van der Waals surface area contributed by atoms with E-state index in [0.29, 0.717) is 0 Å². The van der Waals surface area contributed by atoms with Gasteiger partial charge in [0.05, 0.1) is 0 Å². The van der Waals surface area contributed by atoms with Crippen LogP contribution in [0.3, 0.4) is 0 Å². The van der Waals surface area contributed by atoms with E-state index in [4.69, 9.17) is 27.9 Å². The van der Waals surface area contributed by atoms with E-state index >= 15 is 0 Å². The fraction of sp³-hybridized carbons (Fsp3) is 0.226. The van der Waals surface area contributed by atoms with Gasteiger partial charge in [-0.05, 0) is 61.2 Å². The highest BCUT2D eigenvalue weighted by Gasteiger charge is 2.25. The molecule has 204 valence electrons. The van der Waals surface area contributed by atoms with Gasteiger partial charge in [-0.2, -0.15) is 0 Å². The van der Waals surface area contributed by atoms with Crippen LogP contribution in [0.25, 0.3) is 38.4 Å². The molecule has 5 aromatic rings. The van der Waals surface area contributed by atoms with Gasteiger partial charge in [0.1, 0.15) is 0 Å². The molecule has 0 fully saturated rings. The third kappa shape index (κ3) is 5.95. The fourth-order valence-corrected chi connectivity index (χ4v) is 5.28. The second-order valence-corrected chi connectivity index (χ2v) is 9.31. The quantitative estimate of drug-likeness (QED) is 0.197. The van der Waals surface area contributed by atoms with Crippen LogP contribution in [0.1, 0.15) is 12.5 Å². The average Bonchev–Trinajstić information content (AvgIpc) is 3.00. The molecule has 0 aliphatic carbocycles. The van der Waals surface area contributed by atoms with E-state index in [2.05, 4.69) is 54.6 Å². The van der Waals surface area contributed by atoms with Gasteiger partial charge in [-0.1, -0.05) is 84.9 Å². The maximum atomic E-state index is 5.51. The van der Waals surface area contributed by atoms with Gasteiger partial charge in [0.25, 0.3) is 0 Å². The molecule has 0 aliphatic heterocycles. The summed E-state index contributed by atoms with van der Waals surface area (Å²) in [5.41, 5.74) is 4.26. The maximum absolute atomic E-state index is 5.51. The van der Waals surface area contributed by atoms with Crippen molar-refractivity contribution in [3.63, 3.8) is 0 Å². The van der Waals surface area contributed by atoms with E-state index in [0.717, 1.165) is 27.2 Å². The Bertz CT molecular complexity index is 1460. The van der Waals surface area contributed by atoms with Crippen LogP contribution in [0.15, 0.2) is 78.9 Å². The second kappa shape index (κ2) is 13.9. The highest BCUT2D eigenvalue weighted by atomic mass is 16.6. The van der Waals surface area contributed by atoms with E-state index in [1.54, 1.807) is 42.7 Å². The van der Waals surface area contributed by atoms with E-state index in [9.17, 15) is 0 Å². The summed E-state index contributed by atoms with van der Waals surface area (Å²) in [6.45, 7) is 2.00. The zero-order valence-electron chi connectivity index (χ0n) is 24.3. The number of hydrogen-bond acceptors (Lipinski definition) is 6. The summed E-state index contributed by atoms with van der Waals surface area (Å²) in [5.74, 6) is 0. The van der Waals surface area contributed by atoms with Gasteiger partial charge in [-0.3, -0.25) is 0 Å². The lowest BCUT2D eigenvalue weighted by Gasteiger charge is -2.18. The minimum Gasteiger partial charge on any atom is -0.410 e. The van der Waals surface area contributed by atoms with Gasteiger partial charge in [0.15, 0.2) is 0 Å². The second-order valence-electron chi connectivity index (χ2n) is 9.31. The summed E-state index contributed by atoms with van der Waals surface area (Å²) >= 11 is 0. The lowest BCUT2D eigenvalue weighted by molar-refractivity contribution is 0.291. The Balaban J connectivity index is 0.000000224. The molecular weight excluding hydrogens is 501 g/mol. The van der Waals surface area contributed by atoms with E-state index < -0.39 is 14.2 Å². The minimum absolute atomic E-state index is 0.269. The SMILES string of the molecule is C/C=C/c1ccc(B(OC)OC)cc1.COB(OC)c1ccc2ccc3c(B(OC)OC)ccc4ccc1c2c43. The highest BCUT2D eigenvalue weighted by Crippen LogP contribution is 2.33. The zero-order chi connectivity index (χ0) is 28.6. The summed E-state index contributed by atoms with van der Waals surface area (Å²) in [6.07, 6.45) is 4.07. The van der Waals surface area contributed by atoms with Crippen molar-refractivity contribution in [3.05, 3.63) is 84.4 Å². The van der Waals surface area contributed by atoms with E-state index in [-0.39, 0.29) is 7.12 Å². The Morgan fingerprint density at radius 2 is 0.875 bits per heavy atom. The van der Waals surface area contributed by atoms with Crippen molar-refractivity contribution in [2.24, 2.45) is 0 Å². The molecule has 9 heteroatoms. The van der Waals surface area contributed by atoms with Crippen LogP contribution in [0.4, 0.5) is 0 Å². The van der Waals surface area contributed by atoms with Gasteiger partial charge < -0.3 is 27.9 Å². The molecule has 0 atom stereocenters. The van der Waals surface area contributed by atoms with Crippen LogP contribution in [0.5, 0.6) is 0 Å². The highest BCUT2D eigenvalue weighted by molar-refractivity contribution is 6.66. The van der Waals surface area contributed by atoms with Gasteiger partial charge in [-0.25, -0.2) is 0 Å². The Kier molecular flexibility index (Phi) is 10.4. The Labute approximate surface area is 237 Å². The van der Waals surface area contributed by atoms with Crippen LogP contribution in [0, 0.1) is 0 Å². The molecule has 0 unspecified atom stereocenters. The average molecular weight is 536 g/mol. The molecule has 6 nitrogen and oxygen atoms in total. The molecule has 40 heavy (non-hydrogen) atoms. The van der Waals surface area contributed by atoms with Crippen molar-refractivity contribution in [1.82, 2.24) is 0 Å². The molecule has 5 rings (SSSR count). The number of benzene rings is 5. The summed E-state index contributed by atoms with van der Waals surface area (Å²) in [5, 5.41) is 7.08. The standard InChI is InChI=1S/C20H20B2O4.C11H15BO2/c1-23-21(24-2)17-11-7-13-6-10-16-18(22(25-3)26-4)12-8-14-5-9-15(17)19(13)20(14)16;1-4-5-10-6-8-11(9-7-10)12(13-2)14-3/h5-12H,1-4H3;4-9H,1-3H3/b;5-4+. The van der Waals surface area contributed by atoms with Crippen molar-refractivity contribution in [2.45, 2.75) is 6.92 Å². The van der Waals surface area contributed by atoms with Crippen molar-refractivity contribution < 1.29 is 27.9 Å². The molecule has 0 amide bonds. The summed E-state index contributed by atoms with van der Waals surface area (Å²) in [6, 6.07) is 25.1. The molecule has 0 aliphatic rings. The van der Waals surface area contributed by atoms with Gasteiger partial charge >= 0.3 is 21.4 Å². The fourth-order valence-electron chi connectivity index (χ4n) is 5.28. The first-order valence-electron chi connectivity index (χ1n) is 13.1. The summed E-state index contributed by atoms with van der Waals surface area (Å²) in [4.78, 5) is 0. The first-order valence-corrected chi connectivity index (χ1v) is 13.1. The Morgan fingerprint density at radius 3 is 1.25 bits per heavy atom. The lowest BCUT2D eigenvalue weighted by Crippen LogP contribution is -2.36. The van der Waals surface area contributed by atoms with Gasteiger partial charge in [0.2, 0.25) is 0 Å². The third-order valence-electron chi connectivity index (χ3n) is 7.09. The summed E-state index contributed by atoms with van der Waals surface area (Å²) in [7, 11) is 8.84. The largest absolute Gasteiger partial charge is 0.494 e. The number of rotatable bonds is 10. The predicted molar refractivity (Wildman–Crippen MR) is 170 cm³/mol. The molecule has 0 saturated heterocycles. The van der Waals surface area contributed by atoms with Crippen LogP contribution in [0.2, 0.25) is 0 Å². The molecule has 0 heterocycles. The normalized spacial score (nSPS) is 11.4. The monoisotopic (exact) mass is 536 g/mol. The third-order valence-corrected chi connectivity index (χ3v) is 7.09. The topological polar surface area (TPSA) is 55.4 Å². The molecule has 0 radical (unpaired) electrons. The van der Waals surface area contributed by atoms with E-state index in [1.807, 2.05) is 37.3 Å². The van der Waals surface area contributed by atoms with Crippen molar-refractivity contribution >= 4 is 76.1 Å². The Morgan fingerprint density at radius 1 is 0.475 bits per heavy atom. The maximum Gasteiger partial charge on any atom is 0.494 e. The first kappa shape index (κ1) is 29.8. The number of hydrogen-bond donors (Lipinski definition) is 0. The first-order chi connectivity index (χ1) is 19.5. The lowest BCUT2D eigenvalue weighted by atomic mass is 9.72. The smallest absolute Gasteiger partial charge is 0.410 e. The summed E-state index contributed by atoms with van der Waals surface area (Å²) < 4.78 is 32.3. The van der Waals surface area contributed by atoms with Gasteiger partial charge in [0, 0.05) is 42.7 Å². The van der Waals surface area contributed by atoms with Crippen molar-refractivity contribution in [1.29, 1.82) is 0 Å².